The topological polar surface area (TPSA) is 125 Å². The molecule has 12 heteroatoms. The van der Waals surface area contributed by atoms with E-state index in [0.29, 0.717) is 43.9 Å². The molecule has 1 N–H and O–H groups in total. The number of non-ortho nitro benzene ring substituents is 1. The Balaban J connectivity index is 1.43. The van der Waals surface area contributed by atoms with Crippen LogP contribution in [0.4, 0.5) is 11.4 Å². The summed E-state index contributed by atoms with van der Waals surface area (Å²) in [5.41, 5.74) is 1.79. The minimum atomic E-state index is -0.515. The molecule has 0 fully saturated rings. The number of aryl methyl sites for hydroxylation is 1. The number of nitro groups is 1. The number of carbonyl (C=O) groups excluding carboxylic acids is 1. The Kier molecular flexibility index (Phi) is 5.58. The maximum absolute atomic E-state index is 13.3. The van der Waals surface area contributed by atoms with E-state index in [-0.39, 0.29) is 23.6 Å². The van der Waals surface area contributed by atoms with Gasteiger partial charge in [0.15, 0.2) is 10.8 Å². The van der Waals surface area contributed by atoms with Gasteiger partial charge in [-0.05, 0) is 30.7 Å². The first-order chi connectivity index (χ1) is 16.3. The summed E-state index contributed by atoms with van der Waals surface area (Å²) < 4.78 is 3.09. The van der Waals surface area contributed by atoms with Crippen molar-refractivity contribution < 1.29 is 9.72 Å². The van der Waals surface area contributed by atoms with Gasteiger partial charge in [0, 0.05) is 29.3 Å². The number of benzene rings is 2. The van der Waals surface area contributed by atoms with E-state index in [1.165, 1.54) is 34.7 Å². The zero-order valence-corrected chi connectivity index (χ0v) is 19.3. The number of carbonyl (C=O) groups is 1. The molecule has 10 nitrogen and oxygen atoms in total. The smallest absolute Gasteiger partial charge is 0.271 e. The van der Waals surface area contributed by atoms with Crippen molar-refractivity contribution in [2.75, 3.05) is 11.1 Å². The van der Waals surface area contributed by atoms with Crippen LogP contribution in [0.25, 0.3) is 16.7 Å². The number of thioether (sulfide) groups is 1. The van der Waals surface area contributed by atoms with Crippen LogP contribution in [0.1, 0.15) is 18.0 Å². The number of anilines is 1. The van der Waals surface area contributed by atoms with Crippen molar-refractivity contribution in [2.45, 2.75) is 24.5 Å². The highest BCUT2D eigenvalue weighted by Crippen LogP contribution is 2.34. The average molecular weight is 497 g/mol. The first-order valence-corrected chi connectivity index (χ1v) is 11.6. The lowest BCUT2D eigenvalue weighted by atomic mass is 10.1. The zero-order chi connectivity index (χ0) is 24.0. The fourth-order valence-electron chi connectivity index (χ4n) is 3.85. The quantitative estimate of drug-likeness (QED) is 0.250. The van der Waals surface area contributed by atoms with Crippen LogP contribution in [0.15, 0.2) is 58.6 Å². The van der Waals surface area contributed by atoms with E-state index in [2.05, 4.69) is 15.4 Å². The Bertz CT molecular complexity index is 1530. The molecule has 0 radical (unpaired) electrons. The van der Waals surface area contributed by atoms with Gasteiger partial charge in [-0.25, -0.2) is 9.67 Å². The third-order valence-electron chi connectivity index (χ3n) is 5.55. The molecule has 0 aliphatic carbocycles. The summed E-state index contributed by atoms with van der Waals surface area (Å²) in [7, 11) is 0. The third kappa shape index (κ3) is 3.93. The number of hydrogen-bond acceptors (Lipinski definition) is 7. The summed E-state index contributed by atoms with van der Waals surface area (Å²) in [5, 5.41) is 19.5. The fourth-order valence-corrected chi connectivity index (χ4v) is 5.17. The Hall–Kier alpha value is -3.70. The van der Waals surface area contributed by atoms with Gasteiger partial charge in [0.2, 0.25) is 5.91 Å². The SMILES string of the molecule is Cc1ccc([N+](=O)[O-])cc1NC(=O)CC1CSc2nc3c(cnn3-c3cccc(Cl)c3)c(=O)n21. The van der Waals surface area contributed by atoms with E-state index in [4.69, 9.17) is 11.6 Å². The fraction of sp³-hybridized carbons (Fsp3) is 0.182. The van der Waals surface area contributed by atoms with Gasteiger partial charge in [-0.3, -0.25) is 24.3 Å². The van der Waals surface area contributed by atoms with E-state index in [1.54, 1.807) is 35.9 Å². The van der Waals surface area contributed by atoms with Crippen molar-refractivity contribution in [3.63, 3.8) is 0 Å². The average Bonchev–Trinajstić information content (AvgIpc) is 3.40. The normalized spacial score (nSPS) is 14.8. The molecule has 1 aliphatic rings. The number of nitro benzene ring substituents is 1. The van der Waals surface area contributed by atoms with Gasteiger partial charge in [0.05, 0.1) is 28.5 Å². The van der Waals surface area contributed by atoms with Gasteiger partial charge in [-0.1, -0.05) is 35.5 Å². The summed E-state index contributed by atoms with van der Waals surface area (Å²) in [4.78, 5) is 41.2. The Morgan fingerprint density at radius 2 is 2.15 bits per heavy atom. The summed E-state index contributed by atoms with van der Waals surface area (Å²) >= 11 is 7.48. The molecule has 0 saturated heterocycles. The van der Waals surface area contributed by atoms with Crippen LogP contribution in [0, 0.1) is 17.0 Å². The van der Waals surface area contributed by atoms with Gasteiger partial charge >= 0.3 is 0 Å². The van der Waals surface area contributed by atoms with Gasteiger partial charge in [-0.15, -0.1) is 0 Å². The lowest BCUT2D eigenvalue weighted by molar-refractivity contribution is -0.384. The Morgan fingerprint density at radius 3 is 2.91 bits per heavy atom. The molecule has 2 aromatic carbocycles. The molecule has 1 amide bonds. The van der Waals surface area contributed by atoms with Crippen LogP contribution in [-0.4, -0.2) is 35.9 Å². The van der Waals surface area contributed by atoms with Crippen molar-refractivity contribution in [3.05, 3.63) is 79.7 Å². The van der Waals surface area contributed by atoms with Crippen LogP contribution in [0.5, 0.6) is 0 Å². The molecule has 0 saturated carbocycles. The van der Waals surface area contributed by atoms with E-state index < -0.39 is 11.0 Å². The predicted molar refractivity (Wildman–Crippen MR) is 129 cm³/mol. The summed E-state index contributed by atoms with van der Waals surface area (Å²) in [6, 6.07) is 11.0. The van der Waals surface area contributed by atoms with E-state index in [9.17, 15) is 19.7 Å². The molecule has 1 aliphatic heterocycles. The molecule has 1 unspecified atom stereocenters. The van der Waals surface area contributed by atoms with E-state index >= 15 is 0 Å². The summed E-state index contributed by atoms with van der Waals surface area (Å²) in [6.45, 7) is 1.75. The van der Waals surface area contributed by atoms with Crippen LogP contribution in [0.2, 0.25) is 5.02 Å². The van der Waals surface area contributed by atoms with E-state index in [1.807, 2.05) is 6.07 Å². The maximum Gasteiger partial charge on any atom is 0.271 e. The zero-order valence-electron chi connectivity index (χ0n) is 17.8. The molecular weight excluding hydrogens is 480 g/mol. The molecule has 172 valence electrons. The number of rotatable bonds is 5. The number of amides is 1. The number of hydrogen-bond donors (Lipinski definition) is 1. The van der Waals surface area contributed by atoms with Crippen LogP contribution < -0.4 is 10.9 Å². The predicted octanol–water partition coefficient (Wildman–Crippen LogP) is 4.13. The number of aromatic nitrogens is 4. The molecule has 0 bridgehead atoms. The highest BCUT2D eigenvalue weighted by atomic mass is 35.5. The molecular formula is C22H17ClN6O4S. The maximum atomic E-state index is 13.3. The molecule has 34 heavy (non-hydrogen) atoms. The molecule has 5 rings (SSSR count). The first-order valence-electron chi connectivity index (χ1n) is 10.3. The van der Waals surface area contributed by atoms with Gasteiger partial charge in [0.25, 0.3) is 11.2 Å². The largest absolute Gasteiger partial charge is 0.326 e. The van der Waals surface area contributed by atoms with Gasteiger partial charge in [0.1, 0.15) is 5.39 Å². The number of nitrogens with zero attached hydrogens (tertiary/aromatic N) is 5. The minimum absolute atomic E-state index is 0.0255. The lowest BCUT2D eigenvalue weighted by Crippen LogP contribution is -2.27. The number of fused-ring (bicyclic) bond motifs is 2. The third-order valence-corrected chi connectivity index (χ3v) is 6.88. The van der Waals surface area contributed by atoms with Crippen molar-refractivity contribution in [1.29, 1.82) is 0 Å². The van der Waals surface area contributed by atoms with Crippen molar-refractivity contribution >= 4 is 51.7 Å². The molecule has 1 atom stereocenters. The second-order valence-electron chi connectivity index (χ2n) is 7.82. The van der Waals surface area contributed by atoms with Crippen LogP contribution in [0.3, 0.4) is 0 Å². The Labute approximate surface area is 201 Å². The second kappa shape index (κ2) is 8.58. The van der Waals surface area contributed by atoms with Gasteiger partial charge < -0.3 is 5.32 Å². The first kappa shape index (κ1) is 22.1. The van der Waals surface area contributed by atoms with Crippen molar-refractivity contribution in [3.8, 4) is 5.69 Å². The molecule has 3 heterocycles. The number of halogens is 1. The van der Waals surface area contributed by atoms with Crippen molar-refractivity contribution in [2.24, 2.45) is 0 Å². The molecule has 4 aromatic rings. The molecule has 2 aromatic heterocycles. The van der Waals surface area contributed by atoms with E-state index in [0.717, 1.165) is 0 Å². The highest BCUT2D eigenvalue weighted by molar-refractivity contribution is 7.99. The lowest BCUT2D eigenvalue weighted by Gasteiger charge is -2.14. The monoisotopic (exact) mass is 496 g/mol. The summed E-state index contributed by atoms with van der Waals surface area (Å²) in [5.74, 6) is 0.157. The Morgan fingerprint density at radius 1 is 1.32 bits per heavy atom. The summed E-state index contributed by atoms with van der Waals surface area (Å²) in [6.07, 6.45) is 1.49. The van der Waals surface area contributed by atoms with Crippen LogP contribution in [-0.2, 0) is 4.79 Å². The second-order valence-corrected chi connectivity index (χ2v) is 9.24. The number of nitrogens with one attached hydrogen (secondary N) is 1. The van der Waals surface area contributed by atoms with Crippen molar-refractivity contribution in [1.82, 2.24) is 19.3 Å². The van der Waals surface area contributed by atoms with Gasteiger partial charge in [-0.2, -0.15) is 5.10 Å². The highest BCUT2D eigenvalue weighted by Gasteiger charge is 2.30. The standard InChI is InChI=1S/C22H17ClN6O4S/c1-12-5-6-15(29(32)33)8-18(12)25-19(30)9-16-11-34-22-26-20-17(21(31)27(16)22)10-24-28(20)14-4-2-3-13(23)7-14/h2-8,10,16H,9,11H2,1H3,(H,25,30). The van der Waals surface area contributed by atoms with Crippen LogP contribution >= 0.6 is 23.4 Å². The minimum Gasteiger partial charge on any atom is -0.326 e. The molecule has 0 spiro atoms.